The van der Waals surface area contributed by atoms with Gasteiger partial charge in [-0.05, 0) is 46.2 Å². The molecule has 1 saturated heterocycles. The number of ether oxygens (including phenoxy) is 1. The molecule has 1 amide bonds. The highest BCUT2D eigenvalue weighted by atomic mass is 16.6. The predicted octanol–water partition coefficient (Wildman–Crippen LogP) is 0.276. The van der Waals surface area contributed by atoms with Crippen molar-refractivity contribution in [3.05, 3.63) is 0 Å². The Bertz CT molecular complexity index is 332. The number of aliphatic carboxylic acids is 2. The van der Waals surface area contributed by atoms with Gasteiger partial charge in [0.25, 0.3) is 0 Å². The summed E-state index contributed by atoms with van der Waals surface area (Å²) in [5.41, 5.74) is -0.405. The molecule has 1 atom stereocenters. The van der Waals surface area contributed by atoms with Gasteiger partial charge in [-0.3, -0.25) is 0 Å². The van der Waals surface area contributed by atoms with Crippen LogP contribution < -0.4 is 10.6 Å². The summed E-state index contributed by atoms with van der Waals surface area (Å²) in [4.78, 5) is 29.5. The Balaban J connectivity index is 0.000000511. The quantitative estimate of drug-likeness (QED) is 0.538. The van der Waals surface area contributed by atoms with E-state index in [2.05, 4.69) is 10.6 Å². The molecular formula is C12H22N2O6. The smallest absolute Gasteiger partial charge is 0.414 e. The number of hydrogen-bond donors (Lipinski definition) is 4. The second kappa shape index (κ2) is 8.36. The van der Waals surface area contributed by atoms with E-state index in [1.54, 1.807) is 0 Å². The molecular weight excluding hydrogens is 268 g/mol. The first-order valence-electron chi connectivity index (χ1n) is 6.25. The average Bonchev–Trinajstić information content (AvgIpc) is 2.77. The lowest BCUT2D eigenvalue weighted by molar-refractivity contribution is -0.159. The Kier molecular flexibility index (Phi) is 7.60. The van der Waals surface area contributed by atoms with Gasteiger partial charge in [-0.15, -0.1) is 0 Å². The maximum absolute atomic E-state index is 11.3. The summed E-state index contributed by atoms with van der Waals surface area (Å²) < 4.78 is 5.13. The van der Waals surface area contributed by atoms with Crippen molar-refractivity contribution in [1.29, 1.82) is 0 Å². The van der Waals surface area contributed by atoms with E-state index in [0.717, 1.165) is 19.5 Å². The predicted molar refractivity (Wildman–Crippen MR) is 70.5 cm³/mol. The topological polar surface area (TPSA) is 125 Å². The van der Waals surface area contributed by atoms with Crippen LogP contribution in [0.1, 0.15) is 27.2 Å². The molecule has 0 aliphatic carbocycles. The molecule has 116 valence electrons. The minimum Gasteiger partial charge on any atom is -0.473 e. The minimum atomic E-state index is -1.82. The molecule has 0 spiro atoms. The lowest BCUT2D eigenvalue weighted by Crippen LogP contribution is -2.35. The van der Waals surface area contributed by atoms with Crippen LogP contribution in [0.15, 0.2) is 0 Å². The Labute approximate surface area is 117 Å². The number of carbonyl (C=O) groups excluding carboxylic acids is 1. The number of rotatable bonds is 2. The van der Waals surface area contributed by atoms with E-state index >= 15 is 0 Å². The van der Waals surface area contributed by atoms with Crippen LogP contribution in [-0.2, 0) is 14.3 Å². The SMILES string of the molecule is CC(C)(C)OC(=O)NC[C@H]1CCNC1.O=C(O)C(=O)O. The van der Waals surface area contributed by atoms with E-state index in [-0.39, 0.29) is 6.09 Å². The van der Waals surface area contributed by atoms with Crippen LogP contribution in [0.5, 0.6) is 0 Å². The van der Waals surface area contributed by atoms with Gasteiger partial charge < -0.3 is 25.6 Å². The van der Waals surface area contributed by atoms with Gasteiger partial charge in [-0.2, -0.15) is 0 Å². The molecule has 0 bridgehead atoms. The normalized spacial score (nSPS) is 17.6. The van der Waals surface area contributed by atoms with Crippen LogP contribution in [0, 0.1) is 5.92 Å². The Hall–Kier alpha value is -1.83. The van der Waals surface area contributed by atoms with Crippen molar-refractivity contribution in [3.63, 3.8) is 0 Å². The number of nitrogens with one attached hydrogen (secondary N) is 2. The van der Waals surface area contributed by atoms with Gasteiger partial charge in [0.1, 0.15) is 5.60 Å². The summed E-state index contributed by atoms with van der Waals surface area (Å²) in [5.74, 6) is -3.09. The highest BCUT2D eigenvalue weighted by Gasteiger charge is 2.18. The van der Waals surface area contributed by atoms with Crippen molar-refractivity contribution in [2.24, 2.45) is 5.92 Å². The molecule has 1 rings (SSSR count). The van der Waals surface area contributed by atoms with Gasteiger partial charge >= 0.3 is 18.0 Å². The molecule has 1 aliphatic rings. The summed E-state index contributed by atoms with van der Waals surface area (Å²) in [7, 11) is 0. The number of alkyl carbamates (subject to hydrolysis) is 1. The molecule has 1 fully saturated rings. The standard InChI is InChI=1S/C10H20N2O2.C2H2O4/c1-10(2,3)14-9(13)12-7-8-4-5-11-6-8;3-1(4)2(5)6/h8,11H,4-7H2,1-3H3,(H,12,13);(H,3,4)(H,5,6)/t8-;/m0./s1. The maximum Gasteiger partial charge on any atom is 0.414 e. The van der Waals surface area contributed by atoms with E-state index in [0.29, 0.717) is 12.5 Å². The zero-order chi connectivity index (χ0) is 15.8. The zero-order valence-corrected chi connectivity index (χ0v) is 11.9. The Morgan fingerprint density at radius 1 is 1.25 bits per heavy atom. The van der Waals surface area contributed by atoms with Gasteiger partial charge in [-0.1, -0.05) is 0 Å². The molecule has 0 radical (unpaired) electrons. The average molecular weight is 290 g/mol. The van der Waals surface area contributed by atoms with Crippen LogP contribution in [0.3, 0.4) is 0 Å². The van der Waals surface area contributed by atoms with E-state index in [9.17, 15) is 4.79 Å². The van der Waals surface area contributed by atoms with Gasteiger partial charge in [0.05, 0.1) is 0 Å². The molecule has 1 aliphatic heterocycles. The van der Waals surface area contributed by atoms with Crippen molar-refractivity contribution < 1.29 is 29.3 Å². The first-order chi connectivity index (χ1) is 9.11. The molecule has 0 aromatic heterocycles. The second-order valence-corrected chi connectivity index (χ2v) is 5.35. The number of carbonyl (C=O) groups is 3. The maximum atomic E-state index is 11.3. The van der Waals surface area contributed by atoms with Crippen LogP contribution in [-0.4, -0.2) is 53.5 Å². The third-order valence-corrected chi connectivity index (χ3v) is 2.28. The summed E-state index contributed by atoms with van der Waals surface area (Å²) in [6.07, 6.45) is 0.819. The van der Waals surface area contributed by atoms with Crippen LogP contribution in [0.25, 0.3) is 0 Å². The molecule has 1 heterocycles. The monoisotopic (exact) mass is 290 g/mol. The van der Waals surface area contributed by atoms with E-state index in [1.165, 1.54) is 0 Å². The van der Waals surface area contributed by atoms with Crippen LogP contribution >= 0.6 is 0 Å². The van der Waals surface area contributed by atoms with Crippen molar-refractivity contribution in [3.8, 4) is 0 Å². The molecule has 0 aromatic carbocycles. The highest BCUT2D eigenvalue weighted by Crippen LogP contribution is 2.08. The molecule has 4 N–H and O–H groups in total. The van der Waals surface area contributed by atoms with E-state index < -0.39 is 17.5 Å². The lowest BCUT2D eigenvalue weighted by atomic mass is 10.1. The Morgan fingerprint density at radius 2 is 1.80 bits per heavy atom. The number of carboxylic acid groups (broad SMARTS) is 2. The molecule has 0 aromatic rings. The van der Waals surface area contributed by atoms with E-state index in [4.69, 9.17) is 24.5 Å². The fourth-order valence-corrected chi connectivity index (χ4v) is 1.43. The number of carboxylic acids is 2. The molecule has 20 heavy (non-hydrogen) atoms. The third-order valence-electron chi connectivity index (χ3n) is 2.28. The third kappa shape index (κ3) is 10.1. The van der Waals surface area contributed by atoms with Gasteiger partial charge in [0.15, 0.2) is 0 Å². The van der Waals surface area contributed by atoms with Gasteiger partial charge in [-0.25, -0.2) is 14.4 Å². The number of hydrogen-bond acceptors (Lipinski definition) is 5. The number of amides is 1. The Morgan fingerprint density at radius 3 is 2.15 bits per heavy atom. The van der Waals surface area contributed by atoms with Crippen molar-refractivity contribution >= 4 is 18.0 Å². The van der Waals surface area contributed by atoms with E-state index in [1.807, 2.05) is 20.8 Å². The van der Waals surface area contributed by atoms with Crippen LogP contribution in [0.2, 0.25) is 0 Å². The summed E-state index contributed by atoms with van der Waals surface area (Å²) in [5, 5.41) is 20.8. The fraction of sp³-hybridized carbons (Fsp3) is 0.750. The molecule has 0 unspecified atom stereocenters. The van der Waals surface area contributed by atoms with Crippen molar-refractivity contribution in [1.82, 2.24) is 10.6 Å². The summed E-state index contributed by atoms with van der Waals surface area (Å²) in [6, 6.07) is 0. The fourth-order valence-electron chi connectivity index (χ4n) is 1.43. The molecule has 0 saturated carbocycles. The summed E-state index contributed by atoms with van der Waals surface area (Å²) in [6.45, 7) is 8.36. The zero-order valence-electron chi connectivity index (χ0n) is 11.9. The molecule has 8 nitrogen and oxygen atoms in total. The first-order valence-corrected chi connectivity index (χ1v) is 6.25. The van der Waals surface area contributed by atoms with Crippen LogP contribution in [0.4, 0.5) is 4.79 Å². The van der Waals surface area contributed by atoms with Crippen molar-refractivity contribution in [2.45, 2.75) is 32.8 Å². The second-order valence-electron chi connectivity index (χ2n) is 5.35. The van der Waals surface area contributed by atoms with Crippen molar-refractivity contribution in [2.75, 3.05) is 19.6 Å². The highest BCUT2D eigenvalue weighted by molar-refractivity contribution is 6.27. The minimum absolute atomic E-state index is 0.315. The lowest BCUT2D eigenvalue weighted by Gasteiger charge is -2.20. The first kappa shape index (κ1) is 18.2. The summed E-state index contributed by atoms with van der Waals surface area (Å²) >= 11 is 0. The van der Waals surface area contributed by atoms with Gasteiger partial charge in [0.2, 0.25) is 0 Å². The van der Waals surface area contributed by atoms with Gasteiger partial charge in [0, 0.05) is 6.54 Å². The largest absolute Gasteiger partial charge is 0.473 e. The molecule has 8 heteroatoms.